The van der Waals surface area contributed by atoms with Gasteiger partial charge >= 0.3 is 6.09 Å². The second-order valence-electron chi connectivity index (χ2n) is 9.83. The predicted molar refractivity (Wildman–Crippen MR) is 136 cm³/mol. The highest BCUT2D eigenvalue weighted by atomic mass is 32.2. The van der Waals surface area contributed by atoms with Gasteiger partial charge in [0.1, 0.15) is 5.60 Å². The molecule has 10 nitrogen and oxygen atoms in total. The van der Waals surface area contributed by atoms with E-state index in [1.807, 2.05) is 18.2 Å². The lowest BCUT2D eigenvalue weighted by Crippen LogP contribution is -2.42. The summed E-state index contributed by atoms with van der Waals surface area (Å²) in [6.07, 6.45) is 0.812. The lowest BCUT2D eigenvalue weighted by atomic mass is 9.98. The van der Waals surface area contributed by atoms with E-state index in [1.54, 1.807) is 39.0 Å². The van der Waals surface area contributed by atoms with Gasteiger partial charge in [-0.3, -0.25) is 9.89 Å². The molecule has 2 aromatic carbocycles. The Bertz CT molecular complexity index is 1340. The van der Waals surface area contributed by atoms with Crippen molar-refractivity contribution in [3.05, 3.63) is 54.2 Å². The van der Waals surface area contributed by atoms with E-state index in [9.17, 15) is 18.0 Å². The molecule has 4 rings (SSSR count). The van der Waals surface area contributed by atoms with Crippen molar-refractivity contribution in [2.24, 2.45) is 5.92 Å². The van der Waals surface area contributed by atoms with Gasteiger partial charge in [0, 0.05) is 30.7 Å². The number of benzene rings is 2. The first-order valence-electron chi connectivity index (χ1n) is 11.8. The maximum atomic E-state index is 13.1. The topological polar surface area (TPSA) is 133 Å². The quantitative estimate of drug-likeness (QED) is 0.460. The van der Waals surface area contributed by atoms with E-state index in [4.69, 9.17) is 4.74 Å². The first-order valence-corrected chi connectivity index (χ1v) is 13.3. The molecule has 2 heterocycles. The number of para-hydroxylation sites is 1. The predicted octanol–water partition coefficient (Wildman–Crippen LogP) is 3.74. The van der Waals surface area contributed by atoms with Crippen LogP contribution in [0.4, 0.5) is 10.5 Å². The van der Waals surface area contributed by atoms with Gasteiger partial charge in [-0.05, 0) is 69.9 Å². The zero-order valence-electron chi connectivity index (χ0n) is 20.6. The number of H-pyrrole nitrogens is 1. The van der Waals surface area contributed by atoms with E-state index in [2.05, 4.69) is 20.8 Å². The number of aromatic nitrogens is 2. The SMILES string of the molecule is CC(C)(C)OC(=O)NCC1CCN(S(=O)(=O)c2ccc(NC(=O)c3n[nH]c4ccccc34)cc2)CC1. The standard InChI is InChI=1S/C25H31N5O5S/c1-25(2,3)35-24(32)26-16-17-12-14-30(15-13-17)36(33,34)19-10-8-18(9-11-19)27-23(31)22-20-6-4-5-7-21(20)28-29-22/h4-11,17H,12-16H2,1-3H3,(H,26,32)(H,27,31)(H,28,29). The number of carbonyl (C=O) groups is 2. The fraction of sp³-hybridized carbons (Fsp3) is 0.400. The first kappa shape index (κ1) is 25.6. The lowest BCUT2D eigenvalue weighted by molar-refractivity contribution is 0.0513. The number of carbonyl (C=O) groups excluding carboxylic acids is 2. The number of rotatable bonds is 6. The number of piperidine rings is 1. The number of amides is 2. The van der Waals surface area contributed by atoms with Gasteiger partial charge in [-0.2, -0.15) is 9.40 Å². The molecule has 1 aliphatic rings. The van der Waals surface area contributed by atoms with Crippen LogP contribution in [0, 0.1) is 5.92 Å². The average Bonchev–Trinajstić information content (AvgIpc) is 3.27. The largest absolute Gasteiger partial charge is 0.444 e. The van der Waals surface area contributed by atoms with E-state index in [0.29, 0.717) is 43.5 Å². The number of fused-ring (bicyclic) bond motifs is 1. The molecule has 0 saturated carbocycles. The van der Waals surface area contributed by atoms with Crippen LogP contribution in [-0.2, 0) is 14.8 Å². The molecule has 1 fully saturated rings. The first-order chi connectivity index (χ1) is 17.0. The van der Waals surface area contributed by atoms with E-state index < -0.39 is 21.7 Å². The van der Waals surface area contributed by atoms with Gasteiger partial charge in [0.2, 0.25) is 10.0 Å². The van der Waals surface area contributed by atoms with E-state index in [-0.39, 0.29) is 22.4 Å². The summed E-state index contributed by atoms with van der Waals surface area (Å²) in [6.45, 7) is 6.59. The molecule has 36 heavy (non-hydrogen) atoms. The summed E-state index contributed by atoms with van der Waals surface area (Å²) in [5.74, 6) is -0.204. The maximum absolute atomic E-state index is 13.1. The zero-order valence-corrected chi connectivity index (χ0v) is 21.4. The molecule has 11 heteroatoms. The van der Waals surface area contributed by atoms with Crippen molar-refractivity contribution in [3.63, 3.8) is 0 Å². The molecule has 0 aliphatic carbocycles. The summed E-state index contributed by atoms with van der Waals surface area (Å²) < 4.78 is 32.9. The van der Waals surface area contributed by atoms with Crippen molar-refractivity contribution in [1.29, 1.82) is 0 Å². The fourth-order valence-corrected chi connectivity index (χ4v) is 5.55. The number of hydrogen-bond acceptors (Lipinski definition) is 6. The van der Waals surface area contributed by atoms with Gasteiger partial charge in [-0.15, -0.1) is 0 Å². The van der Waals surface area contributed by atoms with E-state index >= 15 is 0 Å². The Morgan fingerprint density at radius 2 is 1.75 bits per heavy atom. The minimum Gasteiger partial charge on any atom is -0.444 e. The van der Waals surface area contributed by atoms with Crippen LogP contribution in [0.2, 0.25) is 0 Å². The summed E-state index contributed by atoms with van der Waals surface area (Å²) in [6, 6.07) is 13.4. The summed E-state index contributed by atoms with van der Waals surface area (Å²) in [7, 11) is -3.67. The smallest absolute Gasteiger partial charge is 0.407 e. The minimum absolute atomic E-state index is 0.163. The average molecular weight is 514 g/mol. The number of hydrogen-bond donors (Lipinski definition) is 3. The number of nitrogens with one attached hydrogen (secondary N) is 3. The number of ether oxygens (including phenoxy) is 1. The van der Waals surface area contributed by atoms with Crippen LogP contribution in [-0.4, -0.2) is 60.2 Å². The monoisotopic (exact) mass is 513 g/mol. The molecule has 192 valence electrons. The number of anilines is 1. The van der Waals surface area contributed by atoms with Crippen LogP contribution in [0.15, 0.2) is 53.4 Å². The van der Waals surface area contributed by atoms with Crippen LogP contribution in [0.3, 0.4) is 0 Å². The summed E-state index contributed by atoms with van der Waals surface area (Å²) in [4.78, 5) is 24.7. The van der Waals surface area contributed by atoms with Gasteiger partial charge < -0.3 is 15.4 Å². The number of sulfonamides is 1. The molecule has 3 N–H and O–H groups in total. The highest BCUT2D eigenvalue weighted by Crippen LogP contribution is 2.25. The Morgan fingerprint density at radius 3 is 2.42 bits per heavy atom. The van der Waals surface area contributed by atoms with Crippen molar-refractivity contribution < 1.29 is 22.7 Å². The van der Waals surface area contributed by atoms with Crippen molar-refractivity contribution in [2.45, 2.75) is 44.1 Å². The molecule has 1 aromatic heterocycles. The highest BCUT2D eigenvalue weighted by Gasteiger charge is 2.30. The van der Waals surface area contributed by atoms with Crippen LogP contribution in [0.5, 0.6) is 0 Å². The maximum Gasteiger partial charge on any atom is 0.407 e. The number of aromatic amines is 1. The summed E-state index contributed by atoms with van der Waals surface area (Å²) in [5, 5.41) is 13.1. The molecule has 0 spiro atoms. The number of alkyl carbamates (subject to hydrolysis) is 1. The second kappa shape index (κ2) is 10.3. The highest BCUT2D eigenvalue weighted by molar-refractivity contribution is 7.89. The van der Waals surface area contributed by atoms with Crippen LogP contribution in [0.1, 0.15) is 44.1 Å². The van der Waals surface area contributed by atoms with Crippen LogP contribution < -0.4 is 10.6 Å². The fourth-order valence-electron chi connectivity index (χ4n) is 4.08. The van der Waals surface area contributed by atoms with Crippen molar-refractivity contribution >= 4 is 38.6 Å². The van der Waals surface area contributed by atoms with Gasteiger partial charge in [0.05, 0.1) is 10.4 Å². The molecule has 0 radical (unpaired) electrons. The molecule has 1 aliphatic heterocycles. The molecular formula is C25H31N5O5S. The molecule has 3 aromatic rings. The Morgan fingerprint density at radius 1 is 1.08 bits per heavy atom. The Balaban J connectivity index is 1.32. The van der Waals surface area contributed by atoms with Gasteiger partial charge in [0.25, 0.3) is 5.91 Å². The Labute approximate surface area is 210 Å². The van der Waals surface area contributed by atoms with Gasteiger partial charge in [-0.25, -0.2) is 13.2 Å². The third kappa shape index (κ3) is 6.03. The number of nitrogens with zero attached hydrogens (tertiary/aromatic N) is 2. The molecule has 2 amide bonds. The third-order valence-electron chi connectivity index (χ3n) is 5.94. The van der Waals surface area contributed by atoms with E-state index in [1.165, 1.54) is 16.4 Å². The Hall–Kier alpha value is -3.44. The van der Waals surface area contributed by atoms with Crippen LogP contribution >= 0.6 is 0 Å². The lowest BCUT2D eigenvalue weighted by Gasteiger charge is -2.31. The van der Waals surface area contributed by atoms with Crippen molar-refractivity contribution in [2.75, 3.05) is 25.0 Å². The van der Waals surface area contributed by atoms with E-state index in [0.717, 1.165) is 5.52 Å². The molecule has 1 saturated heterocycles. The Kier molecular flexibility index (Phi) is 7.32. The molecule has 0 bridgehead atoms. The van der Waals surface area contributed by atoms with Crippen molar-refractivity contribution in [3.8, 4) is 0 Å². The van der Waals surface area contributed by atoms with Gasteiger partial charge in [-0.1, -0.05) is 18.2 Å². The third-order valence-corrected chi connectivity index (χ3v) is 7.86. The molecular weight excluding hydrogens is 482 g/mol. The normalized spacial score (nSPS) is 15.5. The van der Waals surface area contributed by atoms with Crippen molar-refractivity contribution in [1.82, 2.24) is 19.8 Å². The zero-order chi connectivity index (χ0) is 25.9. The molecule has 0 unspecified atom stereocenters. The second-order valence-corrected chi connectivity index (χ2v) is 11.8. The van der Waals surface area contributed by atoms with Gasteiger partial charge in [0.15, 0.2) is 5.69 Å². The summed E-state index contributed by atoms with van der Waals surface area (Å²) in [5.41, 5.74) is 0.936. The summed E-state index contributed by atoms with van der Waals surface area (Å²) >= 11 is 0. The minimum atomic E-state index is -3.67. The van der Waals surface area contributed by atoms with Crippen LogP contribution in [0.25, 0.3) is 10.9 Å². The molecule has 0 atom stereocenters.